The number of hydrogen-bond donors (Lipinski definition) is 1. The van der Waals surface area contributed by atoms with Gasteiger partial charge in [-0.2, -0.15) is 13.2 Å². The third kappa shape index (κ3) is 1.83. The van der Waals surface area contributed by atoms with Crippen LogP contribution in [0.1, 0.15) is 5.56 Å². The van der Waals surface area contributed by atoms with Crippen LogP contribution in [0.3, 0.4) is 0 Å². The minimum atomic E-state index is -4.38. The molecule has 15 heavy (non-hydrogen) atoms. The first kappa shape index (κ1) is 9.70. The predicted molar refractivity (Wildman–Crippen MR) is 47.4 cm³/mol. The van der Waals surface area contributed by atoms with Gasteiger partial charge in [-0.05, 0) is 18.2 Å². The largest absolute Gasteiger partial charge is 0.416 e. The summed E-state index contributed by atoms with van der Waals surface area (Å²) in [6, 6.07) is 3.07. The van der Waals surface area contributed by atoms with Crippen molar-refractivity contribution in [3.8, 4) is 0 Å². The number of H-pyrrole nitrogens is 1. The van der Waals surface area contributed by atoms with Crippen molar-refractivity contribution in [1.29, 1.82) is 0 Å². The molecule has 0 atom stereocenters. The third-order valence-corrected chi connectivity index (χ3v) is 1.94. The van der Waals surface area contributed by atoms with Crippen LogP contribution in [0.4, 0.5) is 13.2 Å². The molecule has 0 fully saturated rings. The Morgan fingerprint density at radius 1 is 1.27 bits per heavy atom. The lowest BCUT2D eigenvalue weighted by Gasteiger charge is -2.06. The van der Waals surface area contributed by atoms with E-state index in [1.807, 2.05) is 0 Å². The zero-order valence-electron chi connectivity index (χ0n) is 7.30. The van der Waals surface area contributed by atoms with Crippen LogP contribution in [-0.4, -0.2) is 9.97 Å². The lowest BCUT2D eigenvalue weighted by atomic mass is 10.1. The topological polar surface area (TPSA) is 45.8 Å². The summed E-state index contributed by atoms with van der Waals surface area (Å²) in [5.74, 6) is 0. The molecule has 1 aromatic heterocycles. The Hall–Kier alpha value is -1.85. The fraction of sp³-hybridized carbons (Fsp3) is 0.111. The van der Waals surface area contributed by atoms with Gasteiger partial charge in [0.25, 0.3) is 0 Å². The Kier molecular flexibility index (Phi) is 1.99. The average Bonchev–Trinajstić information content (AvgIpc) is 2.15. The van der Waals surface area contributed by atoms with Crippen molar-refractivity contribution >= 4 is 10.9 Å². The minimum Gasteiger partial charge on any atom is -0.305 e. The van der Waals surface area contributed by atoms with Gasteiger partial charge < -0.3 is 4.98 Å². The van der Waals surface area contributed by atoms with Gasteiger partial charge in [-0.25, -0.2) is 9.78 Å². The summed E-state index contributed by atoms with van der Waals surface area (Å²) >= 11 is 0. The molecule has 1 N–H and O–H groups in total. The van der Waals surface area contributed by atoms with Gasteiger partial charge >= 0.3 is 11.9 Å². The second kappa shape index (κ2) is 3.08. The molecule has 1 heterocycles. The maximum atomic E-state index is 12.3. The van der Waals surface area contributed by atoms with Crippen LogP contribution in [0.25, 0.3) is 10.9 Å². The Balaban J connectivity index is 2.67. The number of hydrogen-bond acceptors (Lipinski definition) is 2. The molecule has 6 heteroatoms. The van der Waals surface area contributed by atoms with Gasteiger partial charge in [0.1, 0.15) is 0 Å². The van der Waals surface area contributed by atoms with Crippen molar-refractivity contribution in [1.82, 2.24) is 9.97 Å². The standard InChI is InChI=1S/C9H5F3N2O/c10-9(11,12)6-1-2-7-5(3-6)4-13-8(15)14-7/h1-4H,(H,13,14,15). The summed E-state index contributed by atoms with van der Waals surface area (Å²) in [5.41, 5.74) is -1.01. The molecule has 0 saturated heterocycles. The molecule has 0 radical (unpaired) electrons. The number of halogens is 3. The molecule has 0 spiro atoms. The van der Waals surface area contributed by atoms with Crippen LogP contribution in [0.5, 0.6) is 0 Å². The molecule has 0 amide bonds. The molecule has 0 aliphatic carbocycles. The summed E-state index contributed by atoms with van der Waals surface area (Å²) in [5, 5.41) is 0.254. The van der Waals surface area contributed by atoms with Gasteiger partial charge in [0.2, 0.25) is 0 Å². The summed E-state index contributed by atoms with van der Waals surface area (Å²) in [4.78, 5) is 16.5. The number of alkyl halides is 3. The molecule has 0 unspecified atom stereocenters. The van der Waals surface area contributed by atoms with E-state index in [0.29, 0.717) is 5.52 Å². The molecule has 2 aromatic rings. The van der Waals surface area contributed by atoms with E-state index in [4.69, 9.17) is 0 Å². The second-order valence-corrected chi connectivity index (χ2v) is 2.99. The number of nitrogens with one attached hydrogen (secondary N) is 1. The highest BCUT2D eigenvalue weighted by molar-refractivity contribution is 5.78. The Labute approximate surface area is 81.6 Å². The normalized spacial score (nSPS) is 11.9. The third-order valence-electron chi connectivity index (χ3n) is 1.94. The molecule has 0 aliphatic rings. The average molecular weight is 214 g/mol. The molecule has 0 aliphatic heterocycles. The number of rotatable bonds is 0. The van der Waals surface area contributed by atoms with Crippen LogP contribution in [0, 0.1) is 0 Å². The van der Waals surface area contributed by atoms with E-state index >= 15 is 0 Å². The first-order valence-corrected chi connectivity index (χ1v) is 4.03. The van der Waals surface area contributed by atoms with Crippen molar-refractivity contribution in [2.75, 3.05) is 0 Å². The highest BCUT2D eigenvalue weighted by Crippen LogP contribution is 2.30. The van der Waals surface area contributed by atoms with Crippen LogP contribution in [-0.2, 0) is 6.18 Å². The highest BCUT2D eigenvalue weighted by Gasteiger charge is 2.30. The second-order valence-electron chi connectivity index (χ2n) is 2.99. The lowest BCUT2D eigenvalue weighted by Crippen LogP contribution is -2.10. The zero-order valence-corrected chi connectivity index (χ0v) is 7.30. The van der Waals surface area contributed by atoms with Crippen LogP contribution in [0.15, 0.2) is 29.2 Å². The molecule has 0 saturated carbocycles. The lowest BCUT2D eigenvalue weighted by molar-refractivity contribution is -0.137. The van der Waals surface area contributed by atoms with E-state index in [9.17, 15) is 18.0 Å². The fourth-order valence-electron chi connectivity index (χ4n) is 1.24. The van der Waals surface area contributed by atoms with E-state index in [0.717, 1.165) is 18.3 Å². The van der Waals surface area contributed by atoms with Crippen molar-refractivity contribution in [3.63, 3.8) is 0 Å². The monoisotopic (exact) mass is 214 g/mol. The first-order chi connectivity index (χ1) is 6.97. The van der Waals surface area contributed by atoms with Crippen LogP contribution in [0.2, 0.25) is 0 Å². The fourth-order valence-corrected chi connectivity index (χ4v) is 1.24. The summed E-state index contributed by atoms with van der Waals surface area (Å²) < 4.78 is 36.9. The Morgan fingerprint density at radius 3 is 2.67 bits per heavy atom. The van der Waals surface area contributed by atoms with Gasteiger partial charge in [-0.15, -0.1) is 0 Å². The van der Waals surface area contributed by atoms with Crippen molar-refractivity contribution in [2.45, 2.75) is 6.18 Å². The molecule has 0 bridgehead atoms. The molecule has 78 valence electrons. The van der Waals surface area contributed by atoms with E-state index in [-0.39, 0.29) is 5.39 Å². The summed E-state index contributed by atoms with van der Waals surface area (Å²) in [6.07, 6.45) is -3.27. The predicted octanol–water partition coefficient (Wildman–Crippen LogP) is 1.94. The number of fused-ring (bicyclic) bond motifs is 1. The molecular weight excluding hydrogens is 209 g/mol. The number of aromatic nitrogens is 2. The SMILES string of the molecule is O=c1ncc2cc(C(F)(F)F)ccc2[nH]1. The van der Waals surface area contributed by atoms with Crippen molar-refractivity contribution in [3.05, 3.63) is 40.4 Å². The van der Waals surface area contributed by atoms with Crippen LogP contribution >= 0.6 is 0 Å². The van der Waals surface area contributed by atoms with Gasteiger partial charge in [0, 0.05) is 11.6 Å². The minimum absolute atomic E-state index is 0.254. The first-order valence-electron chi connectivity index (χ1n) is 4.03. The van der Waals surface area contributed by atoms with Gasteiger partial charge in [-0.3, -0.25) is 0 Å². The zero-order chi connectivity index (χ0) is 11.1. The van der Waals surface area contributed by atoms with Crippen molar-refractivity contribution in [2.24, 2.45) is 0 Å². The maximum absolute atomic E-state index is 12.3. The van der Waals surface area contributed by atoms with Gasteiger partial charge in [-0.1, -0.05) is 0 Å². The summed E-state index contributed by atoms with van der Waals surface area (Å²) in [7, 11) is 0. The van der Waals surface area contributed by atoms with E-state index < -0.39 is 17.4 Å². The summed E-state index contributed by atoms with van der Waals surface area (Å²) in [6.45, 7) is 0. The van der Waals surface area contributed by atoms with Gasteiger partial charge in [0.05, 0.1) is 11.1 Å². The van der Waals surface area contributed by atoms with E-state index in [1.54, 1.807) is 0 Å². The molecule has 2 rings (SSSR count). The Morgan fingerprint density at radius 2 is 2.00 bits per heavy atom. The molecule has 1 aromatic carbocycles. The highest BCUT2D eigenvalue weighted by atomic mass is 19.4. The van der Waals surface area contributed by atoms with E-state index in [2.05, 4.69) is 9.97 Å². The number of nitrogens with zero attached hydrogens (tertiary/aromatic N) is 1. The van der Waals surface area contributed by atoms with E-state index in [1.165, 1.54) is 6.07 Å². The number of aromatic amines is 1. The van der Waals surface area contributed by atoms with Crippen LogP contribution < -0.4 is 5.69 Å². The smallest absolute Gasteiger partial charge is 0.305 e. The van der Waals surface area contributed by atoms with Gasteiger partial charge in [0.15, 0.2) is 0 Å². The number of benzene rings is 1. The molecule has 3 nitrogen and oxygen atoms in total. The maximum Gasteiger partial charge on any atom is 0.416 e. The quantitative estimate of drug-likeness (QED) is 0.728. The molecular formula is C9H5F3N2O. The van der Waals surface area contributed by atoms with Crippen molar-refractivity contribution < 1.29 is 13.2 Å². The Bertz CT molecular complexity index is 559.